The molecule has 108 valence electrons. The van der Waals surface area contributed by atoms with Gasteiger partial charge in [0.25, 0.3) is 0 Å². The van der Waals surface area contributed by atoms with Crippen LogP contribution >= 0.6 is 0 Å². The van der Waals surface area contributed by atoms with Crippen LogP contribution in [-0.2, 0) is 9.53 Å². The van der Waals surface area contributed by atoms with Crippen molar-refractivity contribution < 1.29 is 9.53 Å². The molecule has 0 aromatic rings. The summed E-state index contributed by atoms with van der Waals surface area (Å²) in [7, 11) is 0. The monoisotopic (exact) mass is 258 g/mol. The fourth-order valence-electron chi connectivity index (χ4n) is 1.89. The van der Waals surface area contributed by atoms with Crippen LogP contribution in [0.3, 0.4) is 0 Å². The summed E-state index contributed by atoms with van der Waals surface area (Å²) in [6.07, 6.45) is 2.00. The summed E-state index contributed by atoms with van der Waals surface area (Å²) in [5.74, 6) is -0.149. The molecule has 0 aliphatic heterocycles. The number of unbranched alkanes of at least 4 members (excludes halogenated alkanes) is 1. The number of carbonyl (C=O) groups is 1. The zero-order valence-electron chi connectivity index (χ0n) is 12.7. The average molecular weight is 258 g/mol. The van der Waals surface area contributed by atoms with Crippen molar-refractivity contribution in [2.24, 2.45) is 0 Å². The fourth-order valence-corrected chi connectivity index (χ4v) is 1.89. The predicted octanol–water partition coefficient (Wildman–Crippen LogP) is 2.04. The molecule has 4 nitrogen and oxygen atoms in total. The Labute approximate surface area is 112 Å². The standard InChI is InChI=1S/C14H30N2O2/c1-6-7-10-18-14(17)11-15-8-9-16(12(2)3)13(4)5/h12-13,15H,6-11H2,1-5H3. The number of carbonyl (C=O) groups excluding carboxylic acids is 1. The number of ether oxygens (including phenoxy) is 1. The van der Waals surface area contributed by atoms with Crippen molar-refractivity contribution in [1.29, 1.82) is 0 Å². The molecule has 0 heterocycles. The van der Waals surface area contributed by atoms with Gasteiger partial charge in [-0.1, -0.05) is 13.3 Å². The molecule has 0 spiro atoms. The van der Waals surface area contributed by atoms with Crippen molar-refractivity contribution in [3.05, 3.63) is 0 Å². The minimum Gasteiger partial charge on any atom is -0.465 e. The number of esters is 1. The zero-order valence-corrected chi connectivity index (χ0v) is 12.7. The van der Waals surface area contributed by atoms with Gasteiger partial charge in [-0.2, -0.15) is 0 Å². The third-order valence-electron chi connectivity index (χ3n) is 2.90. The maximum Gasteiger partial charge on any atom is 0.319 e. The second kappa shape index (κ2) is 10.3. The van der Waals surface area contributed by atoms with E-state index in [4.69, 9.17) is 4.74 Å². The van der Waals surface area contributed by atoms with Crippen molar-refractivity contribution in [3.63, 3.8) is 0 Å². The minimum absolute atomic E-state index is 0.149. The van der Waals surface area contributed by atoms with Crippen LogP contribution in [0.1, 0.15) is 47.5 Å². The highest BCUT2D eigenvalue weighted by Crippen LogP contribution is 2.03. The average Bonchev–Trinajstić information content (AvgIpc) is 2.28. The molecule has 0 saturated heterocycles. The van der Waals surface area contributed by atoms with E-state index in [-0.39, 0.29) is 5.97 Å². The van der Waals surface area contributed by atoms with Gasteiger partial charge in [0.1, 0.15) is 0 Å². The Bertz CT molecular complexity index is 210. The van der Waals surface area contributed by atoms with Gasteiger partial charge in [0.05, 0.1) is 13.2 Å². The SMILES string of the molecule is CCCCOC(=O)CNCCN(C(C)C)C(C)C. The van der Waals surface area contributed by atoms with Crippen molar-refractivity contribution in [2.75, 3.05) is 26.2 Å². The van der Waals surface area contributed by atoms with Crippen molar-refractivity contribution in [2.45, 2.75) is 59.5 Å². The van der Waals surface area contributed by atoms with Gasteiger partial charge in [0, 0.05) is 25.2 Å². The lowest BCUT2D eigenvalue weighted by Crippen LogP contribution is -2.42. The van der Waals surface area contributed by atoms with Crippen LogP contribution in [0.15, 0.2) is 0 Å². The Morgan fingerprint density at radius 2 is 1.83 bits per heavy atom. The second-order valence-corrected chi connectivity index (χ2v) is 5.18. The molecular weight excluding hydrogens is 228 g/mol. The zero-order chi connectivity index (χ0) is 14.0. The molecule has 0 saturated carbocycles. The van der Waals surface area contributed by atoms with Crippen LogP contribution in [-0.4, -0.2) is 49.2 Å². The van der Waals surface area contributed by atoms with Gasteiger partial charge in [-0.15, -0.1) is 0 Å². The van der Waals surface area contributed by atoms with E-state index in [1.54, 1.807) is 0 Å². The normalized spacial score (nSPS) is 11.6. The van der Waals surface area contributed by atoms with Crippen molar-refractivity contribution in [1.82, 2.24) is 10.2 Å². The molecule has 0 unspecified atom stereocenters. The molecule has 0 radical (unpaired) electrons. The van der Waals surface area contributed by atoms with E-state index in [1.165, 1.54) is 0 Å². The quantitative estimate of drug-likeness (QED) is 0.481. The van der Waals surface area contributed by atoms with Crippen LogP contribution in [0.25, 0.3) is 0 Å². The first-order valence-electron chi connectivity index (χ1n) is 7.11. The van der Waals surface area contributed by atoms with Crippen LogP contribution in [0, 0.1) is 0 Å². The lowest BCUT2D eigenvalue weighted by molar-refractivity contribution is -0.142. The van der Waals surface area contributed by atoms with Gasteiger partial charge in [-0.25, -0.2) is 0 Å². The van der Waals surface area contributed by atoms with Crippen LogP contribution < -0.4 is 5.32 Å². The molecular formula is C14H30N2O2. The Kier molecular flexibility index (Phi) is 9.98. The molecule has 0 aromatic carbocycles. The third kappa shape index (κ3) is 8.48. The van der Waals surface area contributed by atoms with Gasteiger partial charge < -0.3 is 10.1 Å². The Morgan fingerprint density at radius 3 is 2.33 bits per heavy atom. The van der Waals surface area contributed by atoms with Crippen molar-refractivity contribution in [3.8, 4) is 0 Å². The number of nitrogens with zero attached hydrogens (tertiary/aromatic N) is 1. The first-order chi connectivity index (χ1) is 8.49. The summed E-state index contributed by atoms with van der Waals surface area (Å²) in [6, 6.07) is 1.06. The van der Waals surface area contributed by atoms with Gasteiger partial charge in [-0.05, 0) is 34.1 Å². The van der Waals surface area contributed by atoms with Crippen LogP contribution in [0.4, 0.5) is 0 Å². The molecule has 0 atom stereocenters. The van der Waals surface area contributed by atoms with Crippen molar-refractivity contribution >= 4 is 5.97 Å². The molecule has 4 heteroatoms. The summed E-state index contributed by atoms with van der Waals surface area (Å²) >= 11 is 0. The van der Waals surface area contributed by atoms with E-state index in [2.05, 4.69) is 44.8 Å². The molecule has 0 aromatic heterocycles. The Balaban J connectivity index is 3.62. The number of hydrogen-bond donors (Lipinski definition) is 1. The molecule has 0 aliphatic rings. The van der Waals surface area contributed by atoms with E-state index < -0.39 is 0 Å². The smallest absolute Gasteiger partial charge is 0.319 e. The highest BCUT2D eigenvalue weighted by atomic mass is 16.5. The van der Waals surface area contributed by atoms with E-state index >= 15 is 0 Å². The first kappa shape index (κ1) is 17.4. The Hall–Kier alpha value is -0.610. The van der Waals surface area contributed by atoms with E-state index in [0.717, 1.165) is 25.9 Å². The highest BCUT2D eigenvalue weighted by molar-refractivity contribution is 5.71. The molecule has 0 aliphatic carbocycles. The topological polar surface area (TPSA) is 41.6 Å². The number of hydrogen-bond acceptors (Lipinski definition) is 4. The minimum atomic E-state index is -0.149. The fraction of sp³-hybridized carbons (Fsp3) is 0.929. The van der Waals surface area contributed by atoms with Gasteiger partial charge in [0.2, 0.25) is 0 Å². The van der Waals surface area contributed by atoms with Crippen LogP contribution in [0.2, 0.25) is 0 Å². The van der Waals surface area contributed by atoms with E-state index in [0.29, 0.717) is 25.2 Å². The lowest BCUT2D eigenvalue weighted by Gasteiger charge is -2.30. The number of nitrogens with one attached hydrogen (secondary N) is 1. The lowest BCUT2D eigenvalue weighted by atomic mass is 10.2. The molecule has 0 bridgehead atoms. The van der Waals surface area contributed by atoms with Gasteiger partial charge in [-0.3, -0.25) is 9.69 Å². The molecule has 0 rings (SSSR count). The molecule has 18 heavy (non-hydrogen) atoms. The van der Waals surface area contributed by atoms with E-state index in [9.17, 15) is 4.79 Å². The maximum atomic E-state index is 11.3. The third-order valence-corrected chi connectivity index (χ3v) is 2.90. The molecule has 0 fully saturated rings. The summed E-state index contributed by atoms with van der Waals surface area (Å²) in [6.45, 7) is 13.5. The number of rotatable bonds is 10. The second-order valence-electron chi connectivity index (χ2n) is 5.18. The summed E-state index contributed by atoms with van der Waals surface area (Å²) in [4.78, 5) is 13.7. The summed E-state index contributed by atoms with van der Waals surface area (Å²) < 4.78 is 5.07. The molecule has 0 amide bonds. The predicted molar refractivity (Wildman–Crippen MR) is 75.7 cm³/mol. The summed E-state index contributed by atoms with van der Waals surface area (Å²) in [5, 5.41) is 3.14. The maximum absolute atomic E-state index is 11.3. The van der Waals surface area contributed by atoms with Gasteiger partial charge >= 0.3 is 5.97 Å². The first-order valence-corrected chi connectivity index (χ1v) is 7.11. The summed E-state index contributed by atoms with van der Waals surface area (Å²) in [5.41, 5.74) is 0. The van der Waals surface area contributed by atoms with Gasteiger partial charge in [0.15, 0.2) is 0 Å². The molecule has 1 N–H and O–H groups in total. The van der Waals surface area contributed by atoms with Crippen LogP contribution in [0.5, 0.6) is 0 Å². The van der Waals surface area contributed by atoms with E-state index in [1.807, 2.05) is 0 Å². The largest absolute Gasteiger partial charge is 0.465 e. The Morgan fingerprint density at radius 1 is 1.22 bits per heavy atom. The highest BCUT2D eigenvalue weighted by Gasteiger charge is 2.12.